The third kappa shape index (κ3) is 2.61. The van der Waals surface area contributed by atoms with Crippen LogP contribution in [0.3, 0.4) is 0 Å². The molecule has 0 amide bonds. The molecule has 1 fully saturated rings. The van der Waals surface area contributed by atoms with Crippen molar-refractivity contribution in [1.29, 1.82) is 0 Å². The number of aromatic nitrogens is 2. The van der Waals surface area contributed by atoms with Crippen LogP contribution in [0.15, 0.2) is 6.20 Å². The lowest BCUT2D eigenvalue weighted by Crippen LogP contribution is -2.43. The monoisotopic (exact) mass is 257 g/mol. The molecule has 3 nitrogen and oxygen atoms in total. The molecular weight excluding hydrogens is 242 g/mol. The van der Waals surface area contributed by atoms with Gasteiger partial charge in [-0.2, -0.15) is 11.8 Å². The fourth-order valence-electron chi connectivity index (χ4n) is 1.93. The molecule has 88 valence electrons. The van der Waals surface area contributed by atoms with Crippen molar-refractivity contribution in [3.63, 3.8) is 0 Å². The molecule has 1 aromatic heterocycles. The Morgan fingerprint density at radius 2 is 2.25 bits per heavy atom. The van der Waals surface area contributed by atoms with Gasteiger partial charge in [-0.25, -0.2) is 9.97 Å². The van der Waals surface area contributed by atoms with Crippen LogP contribution >= 0.6 is 23.4 Å². The van der Waals surface area contributed by atoms with Crippen LogP contribution in [0, 0.1) is 6.92 Å². The SMILES string of the molecule is Cc1cnc(Cl)nc1N1CCSC(C)(C)C1. The maximum atomic E-state index is 5.85. The summed E-state index contributed by atoms with van der Waals surface area (Å²) in [5.41, 5.74) is 1.09. The number of hydrogen-bond donors (Lipinski definition) is 0. The number of rotatable bonds is 1. The first-order valence-electron chi connectivity index (χ1n) is 5.36. The molecule has 0 radical (unpaired) electrons. The average molecular weight is 258 g/mol. The molecule has 0 aromatic carbocycles. The molecule has 1 aromatic rings. The van der Waals surface area contributed by atoms with Gasteiger partial charge in [0.25, 0.3) is 0 Å². The minimum Gasteiger partial charge on any atom is -0.354 e. The van der Waals surface area contributed by atoms with Crippen molar-refractivity contribution in [2.45, 2.75) is 25.5 Å². The quantitative estimate of drug-likeness (QED) is 0.724. The molecule has 0 bridgehead atoms. The first-order valence-corrected chi connectivity index (χ1v) is 6.72. The van der Waals surface area contributed by atoms with E-state index in [1.54, 1.807) is 6.20 Å². The summed E-state index contributed by atoms with van der Waals surface area (Å²) in [6.07, 6.45) is 1.79. The molecule has 5 heteroatoms. The van der Waals surface area contributed by atoms with Crippen LogP contribution in [0.5, 0.6) is 0 Å². The van der Waals surface area contributed by atoms with E-state index in [0.29, 0.717) is 5.28 Å². The second-order valence-electron chi connectivity index (χ2n) is 4.68. The smallest absolute Gasteiger partial charge is 0.224 e. The Bertz CT molecular complexity index is 395. The molecule has 0 spiro atoms. The normalized spacial score (nSPS) is 19.9. The predicted octanol–water partition coefficient (Wildman–Crippen LogP) is 2.77. The minimum atomic E-state index is 0.280. The average Bonchev–Trinajstić information content (AvgIpc) is 2.20. The third-order valence-corrected chi connectivity index (χ3v) is 4.12. The van der Waals surface area contributed by atoms with Gasteiger partial charge in [-0.15, -0.1) is 0 Å². The molecule has 1 aliphatic rings. The van der Waals surface area contributed by atoms with E-state index in [4.69, 9.17) is 11.6 Å². The van der Waals surface area contributed by atoms with Gasteiger partial charge in [0.05, 0.1) is 0 Å². The van der Waals surface area contributed by atoms with Crippen molar-refractivity contribution in [2.75, 3.05) is 23.7 Å². The molecular formula is C11H16ClN3S. The van der Waals surface area contributed by atoms with E-state index in [-0.39, 0.29) is 4.75 Å². The summed E-state index contributed by atoms with van der Waals surface area (Å²) in [7, 11) is 0. The standard InChI is InChI=1S/C11H16ClN3S/c1-8-6-13-10(12)14-9(8)15-4-5-16-11(2,3)7-15/h6H,4-5,7H2,1-3H3. The van der Waals surface area contributed by atoms with Crippen molar-refractivity contribution in [3.05, 3.63) is 17.0 Å². The molecule has 0 unspecified atom stereocenters. The van der Waals surface area contributed by atoms with Crippen LogP contribution in [0.1, 0.15) is 19.4 Å². The molecule has 16 heavy (non-hydrogen) atoms. The second-order valence-corrected chi connectivity index (χ2v) is 6.82. The molecule has 1 aliphatic heterocycles. The highest BCUT2D eigenvalue weighted by atomic mass is 35.5. The number of halogens is 1. The Morgan fingerprint density at radius 3 is 2.94 bits per heavy atom. The summed E-state index contributed by atoms with van der Waals surface area (Å²) in [5.74, 6) is 2.11. The Balaban J connectivity index is 2.26. The van der Waals surface area contributed by atoms with Crippen molar-refractivity contribution in [1.82, 2.24) is 9.97 Å². The van der Waals surface area contributed by atoms with Crippen LogP contribution in [-0.4, -0.2) is 33.6 Å². The third-order valence-electron chi connectivity index (χ3n) is 2.64. The highest BCUT2D eigenvalue weighted by Crippen LogP contribution is 2.32. The van der Waals surface area contributed by atoms with E-state index < -0.39 is 0 Å². The van der Waals surface area contributed by atoms with E-state index in [9.17, 15) is 0 Å². The highest BCUT2D eigenvalue weighted by molar-refractivity contribution is 8.00. The Kier molecular flexibility index (Phi) is 3.31. The van der Waals surface area contributed by atoms with E-state index in [1.807, 2.05) is 18.7 Å². The molecule has 2 heterocycles. The zero-order valence-corrected chi connectivity index (χ0v) is 11.4. The molecule has 2 rings (SSSR count). The molecule has 0 saturated carbocycles. The summed E-state index contributed by atoms with van der Waals surface area (Å²) in [6, 6.07) is 0. The van der Waals surface area contributed by atoms with Crippen molar-refractivity contribution < 1.29 is 0 Å². The van der Waals surface area contributed by atoms with Gasteiger partial charge in [0, 0.05) is 35.3 Å². The lowest BCUT2D eigenvalue weighted by Gasteiger charge is -2.38. The van der Waals surface area contributed by atoms with Crippen LogP contribution in [0.4, 0.5) is 5.82 Å². The van der Waals surface area contributed by atoms with E-state index in [1.165, 1.54) is 0 Å². The second kappa shape index (κ2) is 4.41. The fourth-order valence-corrected chi connectivity index (χ4v) is 3.17. The van der Waals surface area contributed by atoms with Gasteiger partial charge in [-0.1, -0.05) is 0 Å². The number of hydrogen-bond acceptors (Lipinski definition) is 4. The van der Waals surface area contributed by atoms with Crippen LogP contribution in [0.2, 0.25) is 5.28 Å². The van der Waals surface area contributed by atoms with Crippen molar-refractivity contribution in [3.8, 4) is 0 Å². The summed E-state index contributed by atoms with van der Waals surface area (Å²) < 4.78 is 0.280. The lowest BCUT2D eigenvalue weighted by molar-refractivity contribution is 0.640. The summed E-state index contributed by atoms with van der Waals surface area (Å²) in [6.45, 7) is 8.60. The van der Waals surface area contributed by atoms with Gasteiger partial charge in [-0.05, 0) is 32.4 Å². The molecule has 0 aliphatic carbocycles. The van der Waals surface area contributed by atoms with E-state index in [0.717, 1.165) is 30.2 Å². The topological polar surface area (TPSA) is 29.0 Å². The van der Waals surface area contributed by atoms with Crippen LogP contribution < -0.4 is 4.90 Å². The lowest BCUT2D eigenvalue weighted by atomic mass is 10.1. The first kappa shape index (κ1) is 12.0. The molecule has 1 saturated heterocycles. The van der Waals surface area contributed by atoms with Crippen molar-refractivity contribution >= 4 is 29.2 Å². The number of anilines is 1. The van der Waals surface area contributed by atoms with Gasteiger partial charge in [-0.3, -0.25) is 0 Å². The Hall–Kier alpha value is -0.480. The minimum absolute atomic E-state index is 0.280. The number of thioether (sulfide) groups is 1. The maximum Gasteiger partial charge on any atom is 0.224 e. The molecule has 0 atom stereocenters. The van der Waals surface area contributed by atoms with E-state index >= 15 is 0 Å². The summed E-state index contributed by atoms with van der Waals surface area (Å²) >= 11 is 7.86. The Labute approximate surface area is 106 Å². The highest BCUT2D eigenvalue weighted by Gasteiger charge is 2.28. The zero-order chi connectivity index (χ0) is 11.8. The summed E-state index contributed by atoms with van der Waals surface area (Å²) in [4.78, 5) is 10.6. The van der Waals surface area contributed by atoms with Crippen LogP contribution in [-0.2, 0) is 0 Å². The van der Waals surface area contributed by atoms with Crippen LogP contribution in [0.25, 0.3) is 0 Å². The first-order chi connectivity index (χ1) is 7.48. The van der Waals surface area contributed by atoms with E-state index in [2.05, 4.69) is 28.7 Å². The largest absolute Gasteiger partial charge is 0.354 e. The van der Waals surface area contributed by atoms with Gasteiger partial charge in [0.1, 0.15) is 5.82 Å². The number of nitrogens with zero attached hydrogens (tertiary/aromatic N) is 3. The van der Waals surface area contributed by atoms with Gasteiger partial charge >= 0.3 is 0 Å². The predicted molar refractivity (Wildman–Crippen MR) is 70.5 cm³/mol. The van der Waals surface area contributed by atoms with Gasteiger partial charge in [0.15, 0.2) is 0 Å². The zero-order valence-electron chi connectivity index (χ0n) is 9.83. The maximum absolute atomic E-state index is 5.85. The van der Waals surface area contributed by atoms with Crippen molar-refractivity contribution in [2.24, 2.45) is 0 Å². The Morgan fingerprint density at radius 1 is 1.50 bits per heavy atom. The number of aryl methyl sites for hydroxylation is 1. The van der Waals surface area contributed by atoms with Gasteiger partial charge < -0.3 is 4.90 Å². The van der Waals surface area contributed by atoms with Gasteiger partial charge in [0.2, 0.25) is 5.28 Å². The molecule has 0 N–H and O–H groups in total. The fraction of sp³-hybridized carbons (Fsp3) is 0.636. The summed E-state index contributed by atoms with van der Waals surface area (Å²) in [5, 5.41) is 0.330.